The molecule has 1 unspecified atom stereocenters. The summed E-state index contributed by atoms with van der Waals surface area (Å²) in [7, 11) is 1.52. The zero-order valence-electron chi connectivity index (χ0n) is 14.5. The van der Waals surface area contributed by atoms with Crippen LogP contribution in [-0.2, 0) is 16.1 Å². The van der Waals surface area contributed by atoms with Gasteiger partial charge < -0.3 is 24.8 Å². The van der Waals surface area contributed by atoms with Gasteiger partial charge in [-0.05, 0) is 42.0 Å². The Bertz CT molecular complexity index is 763. The highest BCUT2D eigenvalue weighted by atomic mass is 19.1. The van der Waals surface area contributed by atoms with E-state index in [0.717, 1.165) is 5.56 Å². The van der Waals surface area contributed by atoms with Gasteiger partial charge in [0, 0.05) is 19.3 Å². The molecule has 0 bridgehead atoms. The first-order chi connectivity index (χ1) is 12.6. The summed E-state index contributed by atoms with van der Waals surface area (Å²) >= 11 is 0. The molecular weight excluding hydrogens is 339 g/mol. The standard InChI is InChI=1S/C19H21FN2O4/c1-24-16(10-21)9-19(23)22(15-5-3-14(20)4-6-15)11-13-2-7-17-18(8-13)26-12-25-17/h2-8,16H,9-12,21H2,1H3. The fourth-order valence-electron chi connectivity index (χ4n) is 2.73. The molecule has 0 saturated carbocycles. The molecular formula is C19H21FN2O4. The molecule has 2 aromatic carbocycles. The number of hydrogen-bond donors (Lipinski definition) is 1. The summed E-state index contributed by atoms with van der Waals surface area (Å²) in [6, 6.07) is 11.3. The number of benzene rings is 2. The van der Waals surface area contributed by atoms with E-state index in [0.29, 0.717) is 23.7 Å². The molecule has 138 valence electrons. The van der Waals surface area contributed by atoms with Gasteiger partial charge in [0.2, 0.25) is 12.7 Å². The smallest absolute Gasteiger partial charge is 0.231 e. The quantitative estimate of drug-likeness (QED) is 0.821. The van der Waals surface area contributed by atoms with Gasteiger partial charge in [0.25, 0.3) is 0 Å². The molecule has 7 heteroatoms. The summed E-state index contributed by atoms with van der Waals surface area (Å²) in [6.45, 7) is 0.733. The number of ether oxygens (including phenoxy) is 3. The van der Waals surface area contributed by atoms with Gasteiger partial charge in [-0.25, -0.2) is 4.39 Å². The maximum Gasteiger partial charge on any atom is 0.231 e. The van der Waals surface area contributed by atoms with Crippen molar-refractivity contribution in [2.24, 2.45) is 5.73 Å². The second kappa shape index (κ2) is 8.16. The van der Waals surface area contributed by atoms with E-state index in [4.69, 9.17) is 19.9 Å². The summed E-state index contributed by atoms with van der Waals surface area (Å²) in [6.07, 6.45) is -0.239. The van der Waals surface area contributed by atoms with Crippen LogP contribution < -0.4 is 20.1 Å². The summed E-state index contributed by atoms with van der Waals surface area (Å²) in [5.41, 5.74) is 7.10. The highest BCUT2D eigenvalue weighted by molar-refractivity contribution is 5.93. The van der Waals surface area contributed by atoms with Crippen LogP contribution >= 0.6 is 0 Å². The highest BCUT2D eigenvalue weighted by Crippen LogP contribution is 2.33. The first kappa shape index (κ1) is 18.2. The molecule has 2 N–H and O–H groups in total. The van der Waals surface area contributed by atoms with Crippen molar-refractivity contribution in [3.63, 3.8) is 0 Å². The fraction of sp³-hybridized carbons (Fsp3) is 0.316. The fourth-order valence-corrected chi connectivity index (χ4v) is 2.73. The van der Waals surface area contributed by atoms with Crippen LogP contribution in [0, 0.1) is 5.82 Å². The monoisotopic (exact) mass is 360 g/mol. The number of methoxy groups -OCH3 is 1. The lowest BCUT2D eigenvalue weighted by atomic mass is 10.1. The molecule has 1 aliphatic rings. The summed E-state index contributed by atoms with van der Waals surface area (Å²) in [5, 5.41) is 0. The first-order valence-electron chi connectivity index (χ1n) is 8.28. The molecule has 6 nitrogen and oxygen atoms in total. The van der Waals surface area contributed by atoms with Crippen LogP contribution in [0.3, 0.4) is 0 Å². The van der Waals surface area contributed by atoms with E-state index in [9.17, 15) is 9.18 Å². The Morgan fingerprint density at radius 1 is 1.23 bits per heavy atom. The average Bonchev–Trinajstić information content (AvgIpc) is 3.12. The van der Waals surface area contributed by atoms with Gasteiger partial charge in [-0.3, -0.25) is 4.79 Å². The van der Waals surface area contributed by atoms with Crippen LogP contribution in [0.4, 0.5) is 10.1 Å². The Kier molecular flexibility index (Phi) is 5.70. The zero-order valence-corrected chi connectivity index (χ0v) is 14.5. The lowest BCUT2D eigenvalue weighted by Gasteiger charge is -2.25. The molecule has 0 aromatic heterocycles. The van der Waals surface area contributed by atoms with E-state index >= 15 is 0 Å². The molecule has 1 atom stereocenters. The molecule has 3 rings (SSSR count). The molecule has 1 amide bonds. The van der Waals surface area contributed by atoms with Crippen LogP contribution in [0.25, 0.3) is 0 Å². The number of nitrogens with two attached hydrogens (primary N) is 1. The Balaban J connectivity index is 1.84. The average molecular weight is 360 g/mol. The van der Waals surface area contributed by atoms with Crippen LogP contribution in [0.1, 0.15) is 12.0 Å². The third-order valence-corrected chi connectivity index (χ3v) is 4.22. The minimum absolute atomic E-state index is 0.134. The van der Waals surface area contributed by atoms with Crippen molar-refractivity contribution in [3.8, 4) is 11.5 Å². The molecule has 0 saturated heterocycles. The van der Waals surface area contributed by atoms with Crippen LogP contribution in [-0.4, -0.2) is 32.5 Å². The minimum Gasteiger partial charge on any atom is -0.454 e. The van der Waals surface area contributed by atoms with Crippen molar-refractivity contribution in [2.75, 3.05) is 25.3 Å². The Hall–Kier alpha value is -2.64. The SMILES string of the molecule is COC(CN)CC(=O)N(Cc1ccc2c(c1)OCO2)c1ccc(F)cc1. The third-order valence-electron chi connectivity index (χ3n) is 4.22. The molecule has 0 spiro atoms. The summed E-state index contributed by atoms with van der Waals surface area (Å²) < 4.78 is 29.2. The van der Waals surface area contributed by atoms with Crippen LogP contribution in [0.5, 0.6) is 11.5 Å². The number of amides is 1. The van der Waals surface area contributed by atoms with E-state index in [2.05, 4.69) is 0 Å². The normalized spacial score (nSPS) is 13.5. The van der Waals surface area contributed by atoms with E-state index in [1.807, 2.05) is 18.2 Å². The molecule has 0 aliphatic carbocycles. The Labute approximate surface area is 151 Å². The minimum atomic E-state index is -0.373. The molecule has 0 radical (unpaired) electrons. The van der Waals surface area contributed by atoms with Gasteiger partial charge in [0.1, 0.15) is 5.82 Å². The largest absolute Gasteiger partial charge is 0.454 e. The highest BCUT2D eigenvalue weighted by Gasteiger charge is 2.22. The Morgan fingerprint density at radius 2 is 1.96 bits per heavy atom. The van der Waals surface area contributed by atoms with E-state index in [-0.39, 0.29) is 37.6 Å². The van der Waals surface area contributed by atoms with Gasteiger partial charge >= 0.3 is 0 Å². The second-order valence-corrected chi connectivity index (χ2v) is 5.94. The number of fused-ring (bicyclic) bond motifs is 1. The van der Waals surface area contributed by atoms with Gasteiger partial charge in [-0.15, -0.1) is 0 Å². The number of carbonyl (C=O) groups excluding carboxylic acids is 1. The molecule has 2 aromatic rings. The lowest BCUT2D eigenvalue weighted by molar-refractivity contribution is -0.121. The maximum atomic E-state index is 13.3. The predicted octanol–water partition coefficient (Wildman–Crippen LogP) is 2.45. The molecule has 0 fully saturated rings. The number of nitrogens with zero attached hydrogens (tertiary/aromatic N) is 1. The number of anilines is 1. The van der Waals surface area contributed by atoms with E-state index in [1.165, 1.54) is 19.2 Å². The van der Waals surface area contributed by atoms with Gasteiger partial charge in [-0.1, -0.05) is 6.07 Å². The van der Waals surface area contributed by atoms with Crippen molar-refractivity contribution in [2.45, 2.75) is 19.1 Å². The maximum absolute atomic E-state index is 13.3. The summed E-state index contributed by atoms with van der Waals surface area (Å²) in [5.74, 6) is 0.800. The number of carbonyl (C=O) groups is 1. The van der Waals surface area contributed by atoms with Crippen molar-refractivity contribution in [3.05, 3.63) is 53.8 Å². The third kappa shape index (κ3) is 4.12. The molecule has 26 heavy (non-hydrogen) atoms. The first-order valence-corrected chi connectivity index (χ1v) is 8.28. The van der Waals surface area contributed by atoms with Crippen molar-refractivity contribution in [1.82, 2.24) is 0 Å². The van der Waals surface area contributed by atoms with E-state index in [1.54, 1.807) is 17.0 Å². The van der Waals surface area contributed by atoms with Crippen molar-refractivity contribution >= 4 is 11.6 Å². The lowest BCUT2D eigenvalue weighted by Crippen LogP contribution is -2.35. The molecule has 1 aliphatic heterocycles. The Morgan fingerprint density at radius 3 is 2.65 bits per heavy atom. The van der Waals surface area contributed by atoms with Crippen LogP contribution in [0.15, 0.2) is 42.5 Å². The van der Waals surface area contributed by atoms with Gasteiger partial charge in [-0.2, -0.15) is 0 Å². The topological polar surface area (TPSA) is 74.0 Å². The molecule has 1 heterocycles. The van der Waals surface area contributed by atoms with E-state index < -0.39 is 0 Å². The number of hydrogen-bond acceptors (Lipinski definition) is 5. The van der Waals surface area contributed by atoms with Crippen molar-refractivity contribution < 1.29 is 23.4 Å². The van der Waals surface area contributed by atoms with Gasteiger partial charge in [0.05, 0.1) is 19.1 Å². The van der Waals surface area contributed by atoms with Crippen LogP contribution in [0.2, 0.25) is 0 Å². The van der Waals surface area contributed by atoms with Crippen molar-refractivity contribution in [1.29, 1.82) is 0 Å². The predicted molar refractivity (Wildman–Crippen MR) is 94.6 cm³/mol. The second-order valence-electron chi connectivity index (χ2n) is 5.94. The summed E-state index contributed by atoms with van der Waals surface area (Å²) in [4.78, 5) is 14.4. The zero-order chi connectivity index (χ0) is 18.5. The number of halogens is 1. The van der Waals surface area contributed by atoms with Gasteiger partial charge in [0.15, 0.2) is 11.5 Å². The number of rotatable bonds is 7.